The first-order chi connectivity index (χ1) is 27.7. The van der Waals surface area contributed by atoms with Gasteiger partial charge >= 0.3 is 19.8 Å². The van der Waals surface area contributed by atoms with Crippen LogP contribution in [0.4, 0.5) is 0 Å². The number of hydrogen-bond donors (Lipinski definition) is 3. The number of carboxylic acid groups (broad SMARTS) is 1. The highest BCUT2D eigenvalue weighted by Crippen LogP contribution is 2.43. The second-order valence-electron chi connectivity index (χ2n) is 15.5. The second-order valence-corrected chi connectivity index (χ2v) is 17.0. The zero-order valence-electron chi connectivity index (χ0n) is 36.4. The number of rotatable bonds is 44. The van der Waals surface area contributed by atoms with Gasteiger partial charge in [0.1, 0.15) is 12.1 Å². The molecule has 0 saturated heterocycles. The molecule has 0 bridgehead atoms. The number of carbonyl (C=O) groups excluding carboxylic acids is 1. The van der Waals surface area contributed by atoms with Gasteiger partial charge < -0.3 is 25.2 Å². The molecule has 0 amide bonds. The Bertz CT molecular complexity index is 1050. The number of phosphoric ester groups is 1. The number of hydrogen-bond acceptors (Lipinski definition) is 8. The van der Waals surface area contributed by atoms with Crippen LogP contribution in [0.2, 0.25) is 0 Å². The molecule has 0 aromatic carbocycles. The molecule has 0 saturated carbocycles. The van der Waals surface area contributed by atoms with E-state index in [1.165, 1.54) is 109 Å². The summed E-state index contributed by atoms with van der Waals surface area (Å²) >= 11 is 0. The molecular weight excluding hydrogens is 741 g/mol. The molecule has 3 atom stereocenters. The van der Waals surface area contributed by atoms with Crippen molar-refractivity contribution < 1.29 is 42.7 Å². The second kappa shape index (κ2) is 42.3. The highest BCUT2D eigenvalue weighted by atomic mass is 31.2. The molecule has 0 aliphatic heterocycles. The molecule has 3 unspecified atom stereocenters. The fraction of sp³-hybridized carbons (Fsp3) is 0.826. The molecule has 0 rings (SSSR count). The summed E-state index contributed by atoms with van der Waals surface area (Å²) in [6, 6.07) is -1.47. The van der Waals surface area contributed by atoms with Crippen LogP contribution in [-0.4, -0.2) is 60.5 Å². The van der Waals surface area contributed by atoms with Crippen LogP contribution in [0.3, 0.4) is 0 Å². The smallest absolute Gasteiger partial charge is 0.472 e. The lowest BCUT2D eigenvalue weighted by Gasteiger charge is -2.20. The lowest BCUT2D eigenvalue weighted by atomic mass is 10.0. The van der Waals surface area contributed by atoms with Crippen molar-refractivity contribution in [3.63, 3.8) is 0 Å². The Morgan fingerprint density at radius 2 is 0.965 bits per heavy atom. The first kappa shape index (κ1) is 55.2. The van der Waals surface area contributed by atoms with E-state index in [-0.39, 0.29) is 13.0 Å². The first-order valence-corrected chi connectivity index (χ1v) is 24.5. The van der Waals surface area contributed by atoms with Crippen molar-refractivity contribution in [2.75, 3.05) is 26.4 Å². The quantitative estimate of drug-likeness (QED) is 0.0234. The summed E-state index contributed by atoms with van der Waals surface area (Å²) in [6.07, 6.45) is 47.6. The molecule has 334 valence electrons. The van der Waals surface area contributed by atoms with Crippen molar-refractivity contribution in [1.29, 1.82) is 0 Å². The van der Waals surface area contributed by atoms with E-state index in [2.05, 4.69) is 50.3 Å². The SMILES string of the molecule is CCCCC/C=C\C/C=C\C/C=C\CCCCCCCCC(=O)OC(COCCCCCCCCCCCCCCCCCC)COP(=O)(O)OCC(N)C(=O)O. The van der Waals surface area contributed by atoms with Crippen molar-refractivity contribution in [3.8, 4) is 0 Å². The van der Waals surface area contributed by atoms with Gasteiger partial charge in [-0.3, -0.25) is 18.6 Å². The maximum absolute atomic E-state index is 12.6. The van der Waals surface area contributed by atoms with Crippen molar-refractivity contribution in [3.05, 3.63) is 36.5 Å². The van der Waals surface area contributed by atoms with E-state index in [1.807, 2.05) is 0 Å². The van der Waals surface area contributed by atoms with Crippen LogP contribution in [0.5, 0.6) is 0 Å². The molecule has 0 aliphatic rings. The van der Waals surface area contributed by atoms with Gasteiger partial charge in [0.15, 0.2) is 0 Å². The summed E-state index contributed by atoms with van der Waals surface area (Å²) in [4.78, 5) is 33.6. The Hall–Kier alpha value is -1.81. The minimum Gasteiger partial charge on any atom is -0.480 e. The summed E-state index contributed by atoms with van der Waals surface area (Å²) < 4.78 is 33.4. The van der Waals surface area contributed by atoms with E-state index >= 15 is 0 Å². The fourth-order valence-corrected chi connectivity index (χ4v) is 7.10. The fourth-order valence-electron chi connectivity index (χ4n) is 6.32. The highest BCUT2D eigenvalue weighted by molar-refractivity contribution is 7.47. The molecule has 10 nitrogen and oxygen atoms in total. The zero-order chi connectivity index (χ0) is 41.9. The predicted octanol–water partition coefficient (Wildman–Crippen LogP) is 12.9. The first-order valence-electron chi connectivity index (χ1n) is 23.0. The number of carbonyl (C=O) groups is 2. The number of ether oxygens (including phenoxy) is 2. The van der Waals surface area contributed by atoms with Gasteiger partial charge in [0.05, 0.1) is 19.8 Å². The Morgan fingerprint density at radius 3 is 1.47 bits per heavy atom. The molecular formula is C46H86NO9P. The van der Waals surface area contributed by atoms with Crippen LogP contribution in [0.1, 0.15) is 206 Å². The Balaban J connectivity index is 4.22. The number of nitrogens with two attached hydrogens (primary N) is 1. The van der Waals surface area contributed by atoms with E-state index in [9.17, 15) is 19.0 Å². The number of carboxylic acids is 1. The van der Waals surface area contributed by atoms with Crippen LogP contribution < -0.4 is 5.73 Å². The molecule has 0 spiro atoms. The Labute approximate surface area is 348 Å². The van der Waals surface area contributed by atoms with Gasteiger partial charge in [0.25, 0.3) is 0 Å². The molecule has 11 heteroatoms. The molecule has 4 N–H and O–H groups in total. The maximum Gasteiger partial charge on any atom is 0.472 e. The van der Waals surface area contributed by atoms with Gasteiger partial charge in [-0.1, -0.05) is 185 Å². The van der Waals surface area contributed by atoms with Gasteiger partial charge in [-0.25, -0.2) is 4.57 Å². The number of allylic oxidation sites excluding steroid dienone is 6. The Kier molecular flexibility index (Phi) is 41.0. The van der Waals surface area contributed by atoms with E-state index in [4.69, 9.17) is 29.4 Å². The largest absolute Gasteiger partial charge is 0.480 e. The normalized spacial score (nSPS) is 14.2. The van der Waals surface area contributed by atoms with Gasteiger partial charge in [-0.15, -0.1) is 0 Å². The molecule has 0 aliphatic carbocycles. The Morgan fingerprint density at radius 1 is 0.561 bits per heavy atom. The molecule has 0 radical (unpaired) electrons. The minimum atomic E-state index is -4.62. The van der Waals surface area contributed by atoms with Crippen LogP contribution in [0.25, 0.3) is 0 Å². The van der Waals surface area contributed by atoms with Crippen molar-refractivity contribution in [2.45, 2.75) is 219 Å². The topological polar surface area (TPSA) is 155 Å². The van der Waals surface area contributed by atoms with Crippen molar-refractivity contribution in [2.24, 2.45) is 5.73 Å². The number of esters is 1. The summed E-state index contributed by atoms with van der Waals surface area (Å²) in [6.45, 7) is 3.86. The third-order valence-corrected chi connectivity index (χ3v) is 10.9. The molecule has 0 aromatic heterocycles. The summed E-state index contributed by atoms with van der Waals surface area (Å²) in [7, 11) is -4.62. The molecule has 0 fully saturated rings. The summed E-state index contributed by atoms with van der Waals surface area (Å²) in [5.41, 5.74) is 5.36. The maximum atomic E-state index is 12.6. The number of unbranched alkanes of at least 4 members (excludes halogenated alkanes) is 24. The van der Waals surface area contributed by atoms with E-state index in [1.54, 1.807) is 0 Å². The average molecular weight is 828 g/mol. The lowest BCUT2D eigenvalue weighted by Crippen LogP contribution is -2.34. The lowest BCUT2D eigenvalue weighted by molar-refractivity contribution is -0.154. The summed E-state index contributed by atoms with van der Waals surface area (Å²) in [5.74, 6) is -1.79. The highest BCUT2D eigenvalue weighted by Gasteiger charge is 2.27. The van der Waals surface area contributed by atoms with E-state index in [0.717, 1.165) is 70.6 Å². The van der Waals surface area contributed by atoms with Gasteiger partial charge in [-0.2, -0.15) is 0 Å². The third-order valence-electron chi connectivity index (χ3n) is 9.92. The van der Waals surface area contributed by atoms with Gasteiger partial charge in [0.2, 0.25) is 0 Å². The van der Waals surface area contributed by atoms with Crippen molar-refractivity contribution >= 4 is 19.8 Å². The predicted molar refractivity (Wildman–Crippen MR) is 235 cm³/mol. The summed E-state index contributed by atoms with van der Waals surface area (Å²) in [5, 5.41) is 8.90. The standard InChI is InChI=1S/C46H86NO9P/c1-3-5-7-9-11-13-15-17-19-21-22-23-24-26-28-30-32-34-36-38-45(48)56-43(41-54-57(51,52)55-42-44(47)46(49)50)40-53-39-37-35-33-31-29-27-25-20-18-16-14-12-10-8-6-4-2/h11,13,17,19,22-23,43-44H,3-10,12,14-16,18,20-21,24-42,47H2,1-2H3,(H,49,50)(H,51,52)/b13-11-,19-17-,23-22-. The molecule has 0 heterocycles. The average Bonchev–Trinajstić information content (AvgIpc) is 3.19. The van der Waals surface area contributed by atoms with E-state index < -0.39 is 45.1 Å². The monoisotopic (exact) mass is 828 g/mol. The third kappa shape index (κ3) is 42.1. The van der Waals surface area contributed by atoms with Crippen LogP contribution in [-0.2, 0) is 32.7 Å². The van der Waals surface area contributed by atoms with Crippen LogP contribution in [0, 0.1) is 0 Å². The van der Waals surface area contributed by atoms with E-state index in [0.29, 0.717) is 13.0 Å². The molecule has 57 heavy (non-hydrogen) atoms. The zero-order valence-corrected chi connectivity index (χ0v) is 37.3. The molecule has 0 aromatic rings. The number of phosphoric acid groups is 1. The van der Waals surface area contributed by atoms with Crippen LogP contribution in [0.15, 0.2) is 36.5 Å². The number of aliphatic carboxylic acids is 1. The minimum absolute atomic E-state index is 0.0143. The van der Waals surface area contributed by atoms with Gasteiger partial charge in [-0.05, 0) is 51.4 Å². The van der Waals surface area contributed by atoms with Gasteiger partial charge in [0, 0.05) is 13.0 Å². The van der Waals surface area contributed by atoms with Crippen LogP contribution >= 0.6 is 7.82 Å². The van der Waals surface area contributed by atoms with Crippen molar-refractivity contribution in [1.82, 2.24) is 0 Å².